The Hall–Kier alpha value is -2.90. The molecule has 154 valence electrons. The van der Waals surface area contributed by atoms with Crippen molar-refractivity contribution in [3.05, 3.63) is 29.8 Å². The smallest absolute Gasteiger partial charge is 0.325 e. The minimum absolute atomic E-state index is 0.157. The van der Waals surface area contributed by atoms with Crippen LogP contribution in [-0.2, 0) is 20.9 Å². The Kier molecular flexibility index (Phi) is 5.25. The first kappa shape index (κ1) is 19.4. The maximum Gasteiger partial charge on any atom is 0.325 e. The summed E-state index contributed by atoms with van der Waals surface area (Å²) in [4.78, 5) is 52.2. The van der Waals surface area contributed by atoms with Gasteiger partial charge in [0.25, 0.3) is 5.91 Å². The fraction of sp³-hybridized carbons (Fsp3) is 0.524. The molecule has 0 atom stereocenters. The molecule has 0 unspecified atom stereocenters. The molecule has 8 nitrogen and oxygen atoms in total. The lowest BCUT2D eigenvalue weighted by Crippen LogP contribution is -2.44. The molecule has 1 aliphatic carbocycles. The maximum absolute atomic E-state index is 12.7. The predicted molar refractivity (Wildman–Crippen MR) is 106 cm³/mol. The van der Waals surface area contributed by atoms with Gasteiger partial charge in [-0.3, -0.25) is 19.3 Å². The Morgan fingerprint density at radius 1 is 1.10 bits per heavy atom. The molecular weight excluding hydrogens is 372 g/mol. The highest BCUT2D eigenvalue weighted by molar-refractivity contribution is 6.10. The zero-order valence-corrected chi connectivity index (χ0v) is 16.4. The van der Waals surface area contributed by atoms with Crippen molar-refractivity contribution >= 4 is 29.4 Å². The molecule has 1 saturated carbocycles. The first-order valence-corrected chi connectivity index (χ1v) is 10.3. The van der Waals surface area contributed by atoms with E-state index in [1.807, 2.05) is 23.1 Å². The molecule has 0 bridgehead atoms. The van der Waals surface area contributed by atoms with Crippen molar-refractivity contribution in [3.8, 4) is 0 Å². The van der Waals surface area contributed by atoms with Crippen LogP contribution in [0, 0.1) is 0 Å². The quantitative estimate of drug-likeness (QED) is 0.741. The van der Waals surface area contributed by atoms with Gasteiger partial charge in [-0.25, -0.2) is 4.79 Å². The molecule has 1 aromatic carbocycles. The van der Waals surface area contributed by atoms with E-state index in [2.05, 4.69) is 10.6 Å². The summed E-state index contributed by atoms with van der Waals surface area (Å²) in [5.74, 6) is -0.563. The molecule has 8 heteroatoms. The second-order valence-electron chi connectivity index (χ2n) is 8.13. The van der Waals surface area contributed by atoms with Crippen molar-refractivity contribution in [2.45, 2.75) is 57.0 Å². The molecule has 2 N–H and O–H groups in total. The van der Waals surface area contributed by atoms with Crippen molar-refractivity contribution < 1.29 is 19.2 Å². The number of imide groups is 1. The largest absolute Gasteiger partial charge is 0.338 e. The van der Waals surface area contributed by atoms with Crippen LogP contribution in [0.15, 0.2) is 24.3 Å². The van der Waals surface area contributed by atoms with Crippen LogP contribution in [-0.4, -0.2) is 52.2 Å². The van der Waals surface area contributed by atoms with Gasteiger partial charge in [-0.15, -0.1) is 0 Å². The number of benzene rings is 1. The van der Waals surface area contributed by atoms with E-state index >= 15 is 0 Å². The van der Waals surface area contributed by atoms with E-state index in [1.165, 1.54) is 0 Å². The third kappa shape index (κ3) is 3.97. The molecular formula is C21H26N4O4. The number of hydrogen-bond acceptors (Lipinski definition) is 4. The van der Waals surface area contributed by atoms with Crippen molar-refractivity contribution in [2.75, 3.05) is 18.4 Å². The van der Waals surface area contributed by atoms with Gasteiger partial charge in [0.2, 0.25) is 11.8 Å². The van der Waals surface area contributed by atoms with Crippen molar-refractivity contribution in [1.29, 1.82) is 0 Å². The minimum Gasteiger partial charge on any atom is -0.338 e. The van der Waals surface area contributed by atoms with Gasteiger partial charge in [-0.1, -0.05) is 25.0 Å². The number of carbonyl (C=O) groups is 4. The van der Waals surface area contributed by atoms with Gasteiger partial charge in [0.15, 0.2) is 0 Å². The molecule has 29 heavy (non-hydrogen) atoms. The van der Waals surface area contributed by atoms with Crippen LogP contribution in [0.4, 0.5) is 10.5 Å². The Bertz CT molecular complexity index is 847. The Morgan fingerprint density at radius 2 is 1.90 bits per heavy atom. The zero-order valence-electron chi connectivity index (χ0n) is 16.4. The summed E-state index contributed by atoms with van der Waals surface area (Å²) >= 11 is 0. The van der Waals surface area contributed by atoms with E-state index in [4.69, 9.17) is 0 Å². The fourth-order valence-electron chi connectivity index (χ4n) is 4.48. The lowest BCUT2D eigenvalue weighted by atomic mass is 9.98. The predicted octanol–water partition coefficient (Wildman–Crippen LogP) is 2.00. The zero-order chi connectivity index (χ0) is 20.4. The second kappa shape index (κ2) is 7.85. The van der Waals surface area contributed by atoms with Gasteiger partial charge < -0.3 is 15.5 Å². The van der Waals surface area contributed by atoms with Crippen LogP contribution in [0.1, 0.15) is 50.5 Å². The number of rotatable bonds is 5. The molecule has 5 amide bonds. The third-order valence-electron chi connectivity index (χ3n) is 6.01. The molecule has 3 fully saturated rings. The summed E-state index contributed by atoms with van der Waals surface area (Å²) in [6, 6.07) is 6.82. The average Bonchev–Trinajstić information content (AvgIpc) is 3.25. The second-order valence-corrected chi connectivity index (χ2v) is 8.13. The van der Waals surface area contributed by atoms with Crippen molar-refractivity contribution in [2.24, 2.45) is 0 Å². The first-order chi connectivity index (χ1) is 14.0. The first-order valence-electron chi connectivity index (χ1n) is 10.3. The molecule has 2 heterocycles. The SMILES string of the molecule is O=C(CN1C(=O)NC2(CCCC2)C1=O)Nc1cccc(CN2CCCCC2=O)c1. The molecule has 4 rings (SSSR count). The molecule has 1 spiro atoms. The van der Waals surface area contributed by atoms with E-state index in [0.29, 0.717) is 31.5 Å². The molecule has 2 aliphatic heterocycles. The average molecular weight is 398 g/mol. The van der Waals surface area contributed by atoms with Crippen molar-refractivity contribution in [1.82, 2.24) is 15.1 Å². The van der Waals surface area contributed by atoms with Gasteiger partial charge in [0.1, 0.15) is 12.1 Å². The maximum atomic E-state index is 12.7. The summed E-state index contributed by atoms with van der Waals surface area (Å²) in [7, 11) is 0. The van der Waals surface area contributed by atoms with Crippen LogP contribution in [0.2, 0.25) is 0 Å². The summed E-state index contributed by atoms with van der Waals surface area (Å²) in [5, 5.41) is 5.54. The van der Waals surface area contributed by atoms with E-state index in [1.54, 1.807) is 6.07 Å². The van der Waals surface area contributed by atoms with E-state index in [-0.39, 0.29) is 18.4 Å². The van der Waals surface area contributed by atoms with Gasteiger partial charge in [-0.2, -0.15) is 0 Å². The van der Waals surface area contributed by atoms with E-state index in [0.717, 1.165) is 42.7 Å². The van der Waals surface area contributed by atoms with E-state index < -0.39 is 17.5 Å². The number of nitrogens with zero attached hydrogens (tertiary/aromatic N) is 2. The standard InChI is InChI=1S/C21H26N4O4/c26-17(14-25-19(28)21(23-20(25)29)9-2-3-10-21)22-16-7-5-6-15(12-16)13-24-11-4-1-8-18(24)27/h5-7,12H,1-4,8-11,13-14H2,(H,22,26)(H,23,29). The highest BCUT2D eigenvalue weighted by Gasteiger charge is 2.52. The number of piperidine rings is 1. The third-order valence-corrected chi connectivity index (χ3v) is 6.01. The molecule has 2 saturated heterocycles. The monoisotopic (exact) mass is 398 g/mol. The number of anilines is 1. The summed E-state index contributed by atoms with van der Waals surface area (Å²) in [6.45, 7) is 0.961. The molecule has 0 radical (unpaired) electrons. The van der Waals surface area contributed by atoms with Crippen molar-refractivity contribution in [3.63, 3.8) is 0 Å². The summed E-state index contributed by atoms with van der Waals surface area (Å²) in [5.41, 5.74) is 0.704. The Morgan fingerprint density at radius 3 is 2.66 bits per heavy atom. The Labute approximate surface area is 169 Å². The molecule has 0 aromatic heterocycles. The van der Waals surface area contributed by atoms with Gasteiger partial charge in [0.05, 0.1) is 0 Å². The van der Waals surface area contributed by atoms with Crippen LogP contribution in [0.3, 0.4) is 0 Å². The topological polar surface area (TPSA) is 98.8 Å². The number of amides is 5. The number of hydrogen-bond donors (Lipinski definition) is 2. The van der Waals surface area contributed by atoms with Crippen LogP contribution >= 0.6 is 0 Å². The summed E-state index contributed by atoms with van der Waals surface area (Å²) < 4.78 is 0. The van der Waals surface area contributed by atoms with Crippen LogP contribution in [0.25, 0.3) is 0 Å². The van der Waals surface area contributed by atoms with Gasteiger partial charge in [-0.05, 0) is 43.4 Å². The normalized spacial score (nSPS) is 21.0. The molecule has 1 aromatic rings. The fourth-order valence-corrected chi connectivity index (χ4v) is 4.48. The summed E-state index contributed by atoms with van der Waals surface area (Å²) in [6.07, 6.45) is 5.60. The van der Waals surface area contributed by atoms with Crippen LogP contribution in [0.5, 0.6) is 0 Å². The number of likely N-dealkylation sites (tertiary alicyclic amines) is 1. The highest BCUT2D eigenvalue weighted by atomic mass is 16.2. The Balaban J connectivity index is 1.37. The van der Waals surface area contributed by atoms with Gasteiger partial charge >= 0.3 is 6.03 Å². The van der Waals surface area contributed by atoms with Gasteiger partial charge in [0, 0.05) is 25.2 Å². The minimum atomic E-state index is -0.807. The van der Waals surface area contributed by atoms with Crippen LogP contribution < -0.4 is 10.6 Å². The van der Waals surface area contributed by atoms with E-state index in [9.17, 15) is 19.2 Å². The lowest BCUT2D eigenvalue weighted by Gasteiger charge is -2.26. The number of urea groups is 1. The number of nitrogens with one attached hydrogen (secondary N) is 2. The molecule has 3 aliphatic rings. The lowest BCUT2D eigenvalue weighted by molar-refractivity contribution is -0.134. The highest BCUT2D eigenvalue weighted by Crippen LogP contribution is 2.34. The number of carbonyl (C=O) groups excluding carboxylic acids is 4.